The summed E-state index contributed by atoms with van der Waals surface area (Å²) < 4.78 is 29.6. The molecule has 0 aromatic rings. The average molecular weight is 252 g/mol. The number of carbonyl (C=O) groups is 1. The number of likely N-dealkylation sites (N-methyl/N-ethyl adjacent to an activating group) is 1. The molecule has 0 saturated heterocycles. The van der Waals surface area contributed by atoms with Crippen LogP contribution in [0.3, 0.4) is 0 Å². The van der Waals surface area contributed by atoms with Crippen LogP contribution in [0.25, 0.3) is 0 Å². The van der Waals surface area contributed by atoms with Crippen molar-refractivity contribution in [1.82, 2.24) is 10.0 Å². The summed E-state index contributed by atoms with van der Waals surface area (Å²) in [6.07, 6.45) is 0.411. The Morgan fingerprint density at radius 2 is 2.00 bits per heavy atom. The molecule has 16 heavy (non-hydrogen) atoms. The fourth-order valence-electron chi connectivity index (χ4n) is 1.05. The Kier molecular flexibility index (Phi) is 8.14. The van der Waals surface area contributed by atoms with E-state index in [1.165, 1.54) is 7.11 Å². The molecule has 2 N–H and O–H groups in total. The third kappa shape index (κ3) is 8.63. The van der Waals surface area contributed by atoms with Gasteiger partial charge >= 0.3 is 5.97 Å². The number of sulfonamides is 1. The van der Waals surface area contributed by atoms with Crippen LogP contribution in [-0.2, 0) is 19.6 Å². The molecule has 0 spiro atoms. The highest BCUT2D eigenvalue weighted by Gasteiger charge is 2.10. The average Bonchev–Trinajstić information content (AvgIpc) is 2.24. The first-order valence-corrected chi connectivity index (χ1v) is 6.92. The monoisotopic (exact) mass is 252 g/mol. The molecule has 6 nitrogen and oxygen atoms in total. The van der Waals surface area contributed by atoms with Crippen molar-refractivity contribution >= 4 is 16.0 Å². The predicted molar refractivity (Wildman–Crippen MR) is 61.6 cm³/mol. The molecule has 0 unspecified atom stereocenters. The molecular weight excluding hydrogens is 232 g/mol. The zero-order valence-electron chi connectivity index (χ0n) is 9.78. The van der Waals surface area contributed by atoms with Gasteiger partial charge in [-0.1, -0.05) is 6.92 Å². The smallest absolute Gasteiger partial charge is 0.305 e. The van der Waals surface area contributed by atoms with Gasteiger partial charge < -0.3 is 10.1 Å². The summed E-state index contributed by atoms with van der Waals surface area (Å²) >= 11 is 0. The minimum Gasteiger partial charge on any atom is -0.469 e. The molecule has 0 rings (SSSR count). The van der Waals surface area contributed by atoms with Gasteiger partial charge in [0, 0.05) is 19.5 Å². The van der Waals surface area contributed by atoms with Gasteiger partial charge in [0.1, 0.15) is 0 Å². The third-order valence-corrected chi connectivity index (χ3v) is 3.37. The summed E-state index contributed by atoms with van der Waals surface area (Å²) in [5.41, 5.74) is 0. The lowest BCUT2D eigenvalue weighted by Crippen LogP contribution is -2.33. The topological polar surface area (TPSA) is 84.5 Å². The van der Waals surface area contributed by atoms with Crippen LogP contribution in [0.15, 0.2) is 0 Å². The number of methoxy groups -OCH3 is 1. The molecular formula is C9H20N2O4S. The molecule has 0 aliphatic rings. The first kappa shape index (κ1) is 15.3. The van der Waals surface area contributed by atoms with Crippen LogP contribution in [0, 0.1) is 0 Å². The maximum Gasteiger partial charge on any atom is 0.305 e. The van der Waals surface area contributed by atoms with E-state index in [0.29, 0.717) is 13.1 Å². The Bertz CT molecular complexity index is 290. The SMILES string of the molecule is CCNCCNS(=O)(=O)CCCC(=O)OC. The third-order valence-electron chi connectivity index (χ3n) is 1.90. The zero-order valence-corrected chi connectivity index (χ0v) is 10.6. The van der Waals surface area contributed by atoms with Gasteiger partial charge in [0.05, 0.1) is 12.9 Å². The highest BCUT2D eigenvalue weighted by Crippen LogP contribution is 1.95. The maximum absolute atomic E-state index is 11.4. The van der Waals surface area contributed by atoms with Crippen LogP contribution >= 0.6 is 0 Å². The Morgan fingerprint density at radius 1 is 1.31 bits per heavy atom. The van der Waals surface area contributed by atoms with E-state index in [1.807, 2.05) is 6.92 Å². The van der Waals surface area contributed by atoms with E-state index < -0.39 is 10.0 Å². The molecule has 96 valence electrons. The fourth-order valence-corrected chi connectivity index (χ4v) is 2.13. The van der Waals surface area contributed by atoms with Crippen molar-refractivity contribution in [3.8, 4) is 0 Å². The molecule has 0 radical (unpaired) electrons. The highest BCUT2D eigenvalue weighted by molar-refractivity contribution is 7.89. The van der Waals surface area contributed by atoms with Gasteiger partial charge in [0.2, 0.25) is 10.0 Å². The molecule has 0 heterocycles. The molecule has 0 aromatic heterocycles. The number of hydrogen-bond donors (Lipinski definition) is 2. The molecule has 0 aliphatic heterocycles. The molecule has 0 bridgehead atoms. The second kappa shape index (κ2) is 8.49. The first-order chi connectivity index (χ1) is 7.52. The van der Waals surface area contributed by atoms with Crippen molar-refractivity contribution < 1.29 is 17.9 Å². The minimum absolute atomic E-state index is 0.0474. The number of nitrogens with one attached hydrogen (secondary N) is 2. The predicted octanol–water partition coefficient (Wildman–Crippen LogP) is -0.531. The summed E-state index contributed by atoms with van der Waals surface area (Å²) in [4.78, 5) is 10.7. The second-order valence-corrected chi connectivity index (χ2v) is 5.17. The first-order valence-electron chi connectivity index (χ1n) is 5.26. The van der Waals surface area contributed by atoms with Gasteiger partial charge in [-0.25, -0.2) is 13.1 Å². The summed E-state index contributed by atoms with van der Waals surface area (Å²) in [5.74, 6) is -0.434. The van der Waals surface area contributed by atoms with Crippen molar-refractivity contribution in [2.45, 2.75) is 19.8 Å². The molecule has 0 atom stereocenters. The van der Waals surface area contributed by atoms with Crippen LogP contribution in [0.1, 0.15) is 19.8 Å². The van der Waals surface area contributed by atoms with Crippen molar-refractivity contribution in [1.29, 1.82) is 0 Å². The summed E-state index contributed by atoms with van der Waals surface area (Å²) in [5, 5.41) is 3.00. The van der Waals surface area contributed by atoms with E-state index in [4.69, 9.17) is 0 Å². The van der Waals surface area contributed by atoms with Crippen LogP contribution in [0.4, 0.5) is 0 Å². The van der Waals surface area contributed by atoms with Crippen molar-refractivity contribution in [3.63, 3.8) is 0 Å². The summed E-state index contributed by atoms with van der Waals surface area (Å²) in [6, 6.07) is 0. The van der Waals surface area contributed by atoms with Crippen LogP contribution in [-0.4, -0.2) is 46.9 Å². The minimum atomic E-state index is -3.26. The molecule has 0 saturated carbocycles. The normalized spacial score (nSPS) is 11.4. The van der Waals surface area contributed by atoms with Crippen molar-refractivity contribution in [2.75, 3.05) is 32.5 Å². The summed E-state index contributed by atoms with van der Waals surface area (Å²) in [7, 11) is -1.98. The van der Waals surface area contributed by atoms with Gasteiger partial charge in [-0.2, -0.15) is 0 Å². The molecule has 0 amide bonds. The lowest BCUT2D eigenvalue weighted by Gasteiger charge is -2.06. The molecule has 7 heteroatoms. The number of hydrogen-bond acceptors (Lipinski definition) is 5. The van der Waals surface area contributed by atoms with Gasteiger partial charge in [0.15, 0.2) is 0 Å². The molecule has 0 aliphatic carbocycles. The molecule has 0 fully saturated rings. The van der Waals surface area contributed by atoms with Gasteiger partial charge in [-0.3, -0.25) is 4.79 Å². The second-order valence-electron chi connectivity index (χ2n) is 3.25. The van der Waals surface area contributed by atoms with Gasteiger partial charge in [-0.05, 0) is 13.0 Å². The number of rotatable bonds is 9. The van der Waals surface area contributed by atoms with E-state index in [0.717, 1.165) is 6.54 Å². The lowest BCUT2D eigenvalue weighted by molar-refractivity contribution is -0.140. The standard InChI is InChI=1S/C9H20N2O4S/c1-3-10-6-7-11-16(13,14)8-4-5-9(12)15-2/h10-11H,3-8H2,1-2H3. The van der Waals surface area contributed by atoms with Crippen LogP contribution in [0.5, 0.6) is 0 Å². The Morgan fingerprint density at radius 3 is 2.56 bits per heavy atom. The van der Waals surface area contributed by atoms with E-state index in [2.05, 4.69) is 14.8 Å². The van der Waals surface area contributed by atoms with E-state index in [-0.39, 0.29) is 24.6 Å². The van der Waals surface area contributed by atoms with E-state index in [1.54, 1.807) is 0 Å². The van der Waals surface area contributed by atoms with Crippen LogP contribution in [0.2, 0.25) is 0 Å². The van der Waals surface area contributed by atoms with Crippen molar-refractivity contribution in [3.05, 3.63) is 0 Å². The Balaban J connectivity index is 3.66. The van der Waals surface area contributed by atoms with E-state index >= 15 is 0 Å². The van der Waals surface area contributed by atoms with Gasteiger partial charge in [0.25, 0.3) is 0 Å². The van der Waals surface area contributed by atoms with E-state index in [9.17, 15) is 13.2 Å². The number of ether oxygens (including phenoxy) is 1. The Hall–Kier alpha value is -0.660. The molecule has 0 aromatic carbocycles. The quantitative estimate of drug-likeness (QED) is 0.425. The highest BCUT2D eigenvalue weighted by atomic mass is 32.2. The largest absolute Gasteiger partial charge is 0.469 e. The zero-order chi connectivity index (χ0) is 12.4. The number of carbonyl (C=O) groups excluding carboxylic acids is 1. The summed E-state index contributed by atoms with van der Waals surface area (Å²) in [6.45, 7) is 3.73. The number of esters is 1. The van der Waals surface area contributed by atoms with Crippen LogP contribution < -0.4 is 10.0 Å². The fraction of sp³-hybridized carbons (Fsp3) is 0.889. The Labute approximate surface area is 96.8 Å². The maximum atomic E-state index is 11.4. The van der Waals surface area contributed by atoms with Crippen molar-refractivity contribution in [2.24, 2.45) is 0 Å². The lowest BCUT2D eigenvalue weighted by atomic mass is 10.3. The van der Waals surface area contributed by atoms with Gasteiger partial charge in [-0.15, -0.1) is 0 Å².